The predicted octanol–water partition coefficient (Wildman–Crippen LogP) is 4.30. The van der Waals surface area contributed by atoms with Gasteiger partial charge in [0.25, 0.3) is 0 Å². The number of nitriles is 1. The summed E-state index contributed by atoms with van der Waals surface area (Å²) < 4.78 is 5.17. The number of benzene rings is 1. The highest BCUT2D eigenvalue weighted by Crippen LogP contribution is 2.30. The van der Waals surface area contributed by atoms with Crippen LogP contribution in [0.1, 0.15) is 32.0 Å². The zero-order chi connectivity index (χ0) is 17.7. The Morgan fingerprint density at radius 1 is 1.33 bits per heavy atom. The number of amides is 1. The van der Waals surface area contributed by atoms with Gasteiger partial charge in [-0.3, -0.25) is 4.98 Å². The van der Waals surface area contributed by atoms with Crippen molar-refractivity contribution in [3.8, 4) is 17.2 Å². The molecular weight excluding hydrogens is 326 g/mol. The highest BCUT2D eigenvalue weighted by Gasteiger charge is 2.16. The molecule has 2 rings (SSSR count). The number of hydrogen-bond acceptors (Lipinski definition) is 4. The van der Waals surface area contributed by atoms with Crippen molar-refractivity contribution in [3.05, 3.63) is 52.8 Å². The summed E-state index contributed by atoms with van der Waals surface area (Å²) in [6.45, 7) is 5.66. The zero-order valence-corrected chi connectivity index (χ0v) is 14.5. The van der Waals surface area contributed by atoms with Gasteiger partial charge in [-0.05, 0) is 39.0 Å². The van der Waals surface area contributed by atoms with Gasteiger partial charge in [0.1, 0.15) is 5.60 Å². The lowest BCUT2D eigenvalue weighted by Crippen LogP contribution is -2.32. The number of hydrogen-bond donors (Lipinski definition) is 1. The average Bonchev–Trinajstić information content (AvgIpc) is 2.51. The van der Waals surface area contributed by atoms with Crippen molar-refractivity contribution in [2.75, 3.05) is 0 Å². The highest BCUT2D eigenvalue weighted by atomic mass is 35.5. The lowest BCUT2D eigenvalue weighted by atomic mass is 10.0. The van der Waals surface area contributed by atoms with E-state index in [-0.39, 0.29) is 6.54 Å². The number of carbonyl (C=O) groups excluding carboxylic acids is 1. The lowest BCUT2D eigenvalue weighted by molar-refractivity contribution is 0.0523. The largest absolute Gasteiger partial charge is 0.444 e. The molecule has 2 aromatic rings. The molecule has 0 saturated heterocycles. The van der Waals surface area contributed by atoms with E-state index in [1.807, 2.05) is 6.07 Å². The van der Waals surface area contributed by atoms with Gasteiger partial charge in [0.15, 0.2) is 0 Å². The van der Waals surface area contributed by atoms with Crippen LogP contribution in [0.4, 0.5) is 4.79 Å². The van der Waals surface area contributed by atoms with Gasteiger partial charge in [0, 0.05) is 22.3 Å². The minimum absolute atomic E-state index is 0.253. The highest BCUT2D eigenvalue weighted by molar-refractivity contribution is 6.33. The fourth-order valence-electron chi connectivity index (χ4n) is 2.06. The van der Waals surface area contributed by atoms with E-state index in [0.29, 0.717) is 21.8 Å². The molecule has 124 valence electrons. The Kier molecular flexibility index (Phi) is 5.42. The molecule has 0 unspecified atom stereocenters. The molecule has 6 heteroatoms. The summed E-state index contributed by atoms with van der Waals surface area (Å²) in [5.74, 6) is 0. The molecule has 1 aromatic heterocycles. The third kappa shape index (κ3) is 4.71. The van der Waals surface area contributed by atoms with Crippen molar-refractivity contribution in [3.63, 3.8) is 0 Å². The van der Waals surface area contributed by atoms with Crippen LogP contribution in [0.15, 0.2) is 36.5 Å². The second-order valence-electron chi connectivity index (χ2n) is 6.17. The van der Waals surface area contributed by atoms with E-state index in [4.69, 9.17) is 16.3 Å². The number of pyridine rings is 1. The smallest absolute Gasteiger partial charge is 0.407 e. The maximum absolute atomic E-state index is 11.6. The van der Waals surface area contributed by atoms with Gasteiger partial charge >= 0.3 is 6.09 Å². The van der Waals surface area contributed by atoms with Crippen LogP contribution in [0.2, 0.25) is 5.02 Å². The van der Waals surface area contributed by atoms with Gasteiger partial charge in [-0.25, -0.2) is 4.79 Å². The molecule has 5 nitrogen and oxygen atoms in total. The molecule has 0 atom stereocenters. The number of carbonyl (C=O) groups is 1. The monoisotopic (exact) mass is 343 g/mol. The molecule has 1 heterocycles. The summed E-state index contributed by atoms with van der Waals surface area (Å²) in [7, 11) is 0. The number of halogens is 1. The first kappa shape index (κ1) is 17.8. The van der Waals surface area contributed by atoms with Crippen LogP contribution in [-0.2, 0) is 11.3 Å². The van der Waals surface area contributed by atoms with Gasteiger partial charge in [0.05, 0.1) is 23.9 Å². The minimum atomic E-state index is -0.543. The van der Waals surface area contributed by atoms with Crippen LogP contribution in [0.3, 0.4) is 0 Å². The SMILES string of the molecule is CC(C)(C)OC(=O)NCc1ccc(-c2c(Cl)cccc2C#N)cn1. The van der Waals surface area contributed by atoms with Crippen LogP contribution in [0.5, 0.6) is 0 Å². The molecule has 1 amide bonds. The third-order valence-corrected chi connectivity index (χ3v) is 3.38. The fourth-order valence-corrected chi connectivity index (χ4v) is 2.35. The van der Waals surface area contributed by atoms with Crippen molar-refractivity contribution < 1.29 is 9.53 Å². The maximum Gasteiger partial charge on any atom is 0.407 e. The Morgan fingerprint density at radius 2 is 2.08 bits per heavy atom. The topological polar surface area (TPSA) is 75.0 Å². The fraction of sp³-hybridized carbons (Fsp3) is 0.278. The molecule has 0 aliphatic heterocycles. The van der Waals surface area contributed by atoms with Gasteiger partial charge < -0.3 is 10.1 Å². The van der Waals surface area contributed by atoms with Crippen molar-refractivity contribution in [1.29, 1.82) is 5.26 Å². The number of aromatic nitrogens is 1. The van der Waals surface area contributed by atoms with Gasteiger partial charge in [-0.15, -0.1) is 0 Å². The number of alkyl carbamates (subject to hydrolysis) is 1. The van der Waals surface area contributed by atoms with Crippen molar-refractivity contribution in [2.24, 2.45) is 0 Å². The van der Waals surface area contributed by atoms with E-state index in [1.165, 1.54) is 0 Å². The van der Waals surface area contributed by atoms with Gasteiger partial charge in [-0.1, -0.05) is 23.7 Å². The van der Waals surface area contributed by atoms with Crippen LogP contribution in [0, 0.1) is 11.3 Å². The standard InChI is InChI=1S/C18H18ClN3O2/c1-18(2,3)24-17(23)22-11-14-8-7-13(10-21-14)16-12(9-20)5-4-6-15(16)19/h4-8,10H,11H2,1-3H3,(H,22,23). The van der Waals surface area contributed by atoms with E-state index < -0.39 is 11.7 Å². The third-order valence-electron chi connectivity index (χ3n) is 3.06. The molecule has 0 spiro atoms. The summed E-state index contributed by atoms with van der Waals surface area (Å²) in [5.41, 5.74) is 2.03. The molecule has 1 N–H and O–H groups in total. The number of nitrogens with zero attached hydrogens (tertiary/aromatic N) is 2. The minimum Gasteiger partial charge on any atom is -0.444 e. The molecule has 0 saturated carbocycles. The Morgan fingerprint density at radius 3 is 2.67 bits per heavy atom. The second kappa shape index (κ2) is 7.33. The Hall–Kier alpha value is -2.58. The van der Waals surface area contributed by atoms with Crippen molar-refractivity contribution >= 4 is 17.7 Å². The predicted molar refractivity (Wildman–Crippen MR) is 92.5 cm³/mol. The molecule has 0 radical (unpaired) electrons. The van der Waals surface area contributed by atoms with Gasteiger partial charge in [0.2, 0.25) is 0 Å². The van der Waals surface area contributed by atoms with Crippen LogP contribution in [-0.4, -0.2) is 16.7 Å². The lowest BCUT2D eigenvalue weighted by Gasteiger charge is -2.19. The van der Waals surface area contributed by atoms with Crippen molar-refractivity contribution in [2.45, 2.75) is 32.9 Å². The summed E-state index contributed by atoms with van der Waals surface area (Å²) in [6, 6.07) is 10.9. The van der Waals surface area contributed by atoms with E-state index in [9.17, 15) is 10.1 Å². The zero-order valence-electron chi connectivity index (χ0n) is 13.8. The first-order valence-electron chi connectivity index (χ1n) is 7.41. The Labute approximate surface area is 146 Å². The molecule has 0 fully saturated rings. The summed E-state index contributed by atoms with van der Waals surface area (Å²) >= 11 is 6.19. The Bertz CT molecular complexity index is 774. The van der Waals surface area contributed by atoms with Crippen LogP contribution < -0.4 is 5.32 Å². The van der Waals surface area contributed by atoms with E-state index in [1.54, 1.807) is 51.2 Å². The Balaban J connectivity index is 2.10. The first-order chi connectivity index (χ1) is 11.3. The number of rotatable bonds is 3. The van der Waals surface area contributed by atoms with E-state index in [2.05, 4.69) is 16.4 Å². The molecule has 0 aliphatic carbocycles. The summed E-state index contributed by atoms with van der Waals surface area (Å²) in [6.07, 6.45) is 1.14. The normalized spacial score (nSPS) is 10.8. The second-order valence-corrected chi connectivity index (χ2v) is 6.58. The number of ether oxygens (including phenoxy) is 1. The van der Waals surface area contributed by atoms with Crippen LogP contribution >= 0.6 is 11.6 Å². The molecule has 1 aromatic carbocycles. The van der Waals surface area contributed by atoms with Crippen molar-refractivity contribution in [1.82, 2.24) is 10.3 Å². The summed E-state index contributed by atoms with van der Waals surface area (Å²) in [4.78, 5) is 15.9. The molecule has 0 bridgehead atoms. The number of nitrogens with one attached hydrogen (secondary N) is 1. The molecule has 24 heavy (non-hydrogen) atoms. The quantitative estimate of drug-likeness (QED) is 0.901. The molecular formula is C18H18ClN3O2. The first-order valence-corrected chi connectivity index (χ1v) is 7.79. The summed E-state index contributed by atoms with van der Waals surface area (Å²) in [5, 5.41) is 12.3. The van der Waals surface area contributed by atoms with Gasteiger partial charge in [-0.2, -0.15) is 5.26 Å². The van der Waals surface area contributed by atoms with Crippen LogP contribution in [0.25, 0.3) is 11.1 Å². The molecule has 0 aliphatic rings. The van der Waals surface area contributed by atoms with E-state index >= 15 is 0 Å². The van der Waals surface area contributed by atoms with E-state index in [0.717, 1.165) is 5.56 Å². The maximum atomic E-state index is 11.6. The average molecular weight is 344 g/mol.